The topological polar surface area (TPSA) is 24.5 Å². The second kappa shape index (κ2) is 7.20. The smallest absolute Gasteiger partial charge is 0.0622 e. The highest BCUT2D eigenvalue weighted by atomic mass is 16.5. The summed E-state index contributed by atoms with van der Waals surface area (Å²) in [6.07, 6.45) is 2.44. The van der Waals surface area contributed by atoms with Crippen LogP contribution in [0.25, 0.3) is 0 Å². The summed E-state index contributed by atoms with van der Waals surface area (Å²) in [7, 11) is 0. The van der Waals surface area contributed by atoms with Crippen molar-refractivity contribution in [1.29, 1.82) is 0 Å². The number of hydrogen-bond acceptors (Lipinski definition) is 3. The zero-order chi connectivity index (χ0) is 11.1. The maximum atomic E-state index is 5.52. The molecule has 3 heteroatoms. The molecule has 2 atom stereocenters. The van der Waals surface area contributed by atoms with E-state index in [1.165, 1.54) is 12.8 Å². The molecule has 1 rings (SSSR count). The Labute approximate surface area is 94.2 Å². The lowest BCUT2D eigenvalue weighted by atomic mass is 10.1. The molecule has 1 heterocycles. The molecule has 0 aliphatic carbocycles. The van der Waals surface area contributed by atoms with Crippen LogP contribution in [0.3, 0.4) is 0 Å². The highest BCUT2D eigenvalue weighted by molar-refractivity contribution is 4.79. The third-order valence-electron chi connectivity index (χ3n) is 3.30. The average molecular weight is 214 g/mol. The van der Waals surface area contributed by atoms with E-state index in [4.69, 9.17) is 4.74 Å². The standard InChI is InChI=1S/C12H26N2O/c1-4-12-10-15-9-8-14(12)11(3)6-7-13-5-2/h11-13H,4-10H2,1-3H3. The summed E-state index contributed by atoms with van der Waals surface area (Å²) in [6.45, 7) is 11.9. The van der Waals surface area contributed by atoms with E-state index in [0.29, 0.717) is 12.1 Å². The predicted molar refractivity (Wildman–Crippen MR) is 64.2 cm³/mol. The Morgan fingerprint density at radius 1 is 1.47 bits per heavy atom. The molecule has 0 bridgehead atoms. The highest BCUT2D eigenvalue weighted by Gasteiger charge is 2.25. The molecule has 0 radical (unpaired) electrons. The van der Waals surface area contributed by atoms with Gasteiger partial charge in [-0.3, -0.25) is 4.90 Å². The number of morpholine rings is 1. The molecule has 0 saturated carbocycles. The molecule has 0 aromatic heterocycles. The number of nitrogens with one attached hydrogen (secondary N) is 1. The van der Waals surface area contributed by atoms with Gasteiger partial charge in [0.25, 0.3) is 0 Å². The first-order valence-electron chi connectivity index (χ1n) is 6.33. The van der Waals surface area contributed by atoms with Crippen LogP contribution in [0.1, 0.15) is 33.6 Å². The summed E-state index contributed by atoms with van der Waals surface area (Å²) < 4.78 is 5.52. The van der Waals surface area contributed by atoms with E-state index in [1.807, 2.05) is 0 Å². The number of ether oxygens (including phenoxy) is 1. The molecular formula is C12H26N2O. The van der Waals surface area contributed by atoms with Crippen LogP contribution in [0.4, 0.5) is 0 Å². The van der Waals surface area contributed by atoms with Crippen molar-refractivity contribution in [3.63, 3.8) is 0 Å². The molecule has 3 nitrogen and oxygen atoms in total. The normalized spacial score (nSPS) is 25.4. The molecule has 1 fully saturated rings. The molecule has 1 aliphatic heterocycles. The Kier molecular flexibility index (Phi) is 6.22. The summed E-state index contributed by atoms with van der Waals surface area (Å²) in [5.74, 6) is 0. The zero-order valence-corrected chi connectivity index (χ0v) is 10.5. The summed E-state index contributed by atoms with van der Waals surface area (Å²) in [5.41, 5.74) is 0. The van der Waals surface area contributed by atoms with Gasteiger partial charge in [0.05, 0.1) is 13.2 Å². The first kappa shape index (κ1) is 12.9. The monoisotopic (exact) mass is 214 g/mol. The van der Waals surface area contributed by atoms with Crippen LogP contribution in [0, 0.1) is 0 Å². The van der Waals surface area contributed by atoms with Gasteiger partial charge in [-0.15, -0.1) is 0 Å². The third-order valence-corrected chi connectivity index (χ3v) is 3.30. The van der Waals surface area contributed by atoms with Crippen molar-refractivity contribution in [2.24, 2.45) is 0 Å². The van der Waals surface area contributed by atoms with Crippen LogP contribution in [0.2, 0.25) is 0 Å². The van der Waals surface area contributed by atoms with Gasteiger partial charge in [0, 0.05) is 18.6 Å². The molecule has 0 amide bonds. The minimum Gasteiger partial charge on any atom is -0.378 e. The summed E-state index contributed by atoms with van der Waals surface area (Å²) in [5, 5.41) is 3.39. The van der Waals surface area contributed by atoms with Crippen LogP contribution >= 0.6 is 0 Å². The SMILES string of the molecule is CCNCCC(C)N1CCOCC1CC. The van der Waals surface area contributed by atoms with Gasteiger partial charge < -0.3 is 10.1 Å². The first-order valence-corrected chi connectivity index (χ1v) is 6.33. The predicted octanol–water partition coefficient (Wildman–Crippen LogP) is 1.49. The van der Waals surface area contributed by atoms with Gasteiger partial charge >= 0.3 is 0 Å². The van der Waals surface area contributed by atoms with E-state index in [2.05, 4.69) is 31.0 Å². The molecule has 1 saturated heterocycles. The van der Waals surface area contributed by atoms with Crippen LogP contribution in [-0.2, 0) is 4.74 Å². The molecule has 0 aromatic carbocycles. The fourth-order valence-corrected chi connectivity index (χ4v) is 2.25. The number of hydrogen-bond donors (Lipinski definition) is 1. The van der Waals surface area contributed by atoms with Crippen molar-refractivity contribution in [1.82, 2.24) is 10.2 Å². The quantitative estimate of drug-likeness (QED) is 0.678. The van der Waals surface area contributed by atoms with Gasteiger partial charge in [-0.2, -0.15) is 0 Å². The van der Waals surface area contributed by atoms with Crippen LogP contribution in [0.5, 0.6) is 0 Å². The molecule has 1 aliphatic rings. The van der Waals surface area contributed by atoms with Gasteiger partial charge in [0.15, 0.2) is 0 Å². The molecular weight excluding hydrogens is 188 g/mol. The fourth-order valence-electron chi connectivity index (χ4n) is 2.25. The average Bonchev–Trinajstić information content (AvgIpc) is 2.29. The van der Waals surface area contributed by atoms with Crippen molar-refractivity contribution in [2.75, 3.05) is 32.8 Å². The highest BCUT2D eigenvalue weighted by Crippen LogP contribution is 2.15. The van der Waals surface area contributed by atoms with Crippen molar-refractivity contribution in [2.45, 2.75) is 45.7 Å². The van der Waals surface area contributed by atoms with Gasteiger partial charge in [0.2, 0.25) is 0 Å². The van der Waals surface area contributed by atoms with E-state index < -0.39 is 0 Å². The van der Waals surface area contributed by atoms with E-state index in [1.54, 1.807) is 0 Å². The van der Waals surface area contributed by atoms with Crippen LogP contribution in [0.15, 0.2) is 0 Å². The second-order valence-electron chi connectivity index (χ2n) is 4.37. The van der Waals surface area contributed by atoms with Crippen molar-refractivity contribution >= 4 is 0 Å². The third kappa shape index (κ3) is 4.09. The lowest BCUT2D eigenvalue weighted by Gasteiger charge is -2.39. The lowest BCUT2D eigenvalue weighted by Crippen LogP contribution is -2.50. The maximum Gasteiger partial charge on any atom is 0.0622 e. The Hall–Kier alpha value is -0.120. The zero-order valence-electron chi connectivity index (χ0n) is 10.5. The molecule has 90 valence electrons. The van der Waals surface area contributed by atoms with Gasteiger partial charge in [0.1, 0.15) is 0 Å². The van der Waals surface area contributed by atoms with E-state index in [-0.39, 0.29) is 0 Å². The van der Waals surface area contributed by atoms with Gasteiger partial charge in [-0.05, 0) is 32.9 Å². The minimum atomic E-state index is 0.635. The van der Waals surface area contributed by atoms with E-state index in [9.17, 15) is 0 Å². The Bertz CT molecular complexity index is 164. The van der Waals surface area contributed by atoms with Crippen molar-refractivity contribution < 1.29 is 4.74 Å². The summed E-state index contributed by atoms with van der Waals surface area (Å²) in [4.78, 5) is 2.61. The van der Waals surface area contributed by atoms with Crippen LogP contribution < -0.4 is 5.32 Å². The largest absolute Gasteiger partial charge is 0.378 e. The Morgan fingerprint density at radius 3 is 2.93 bits per heavy atom. The molecule has 0 spiro atoms. The molecule has 1 N–H and O–H groups in total. The molecule has 2 unspecified atom stereocenters. The molecule has 15 heavy (non-hydrogen) atoms. The van der Waals surface area contributed by atoms with Crippen molar-refractivity contribution in [3.8, 4) is 0 Å². The van der Waals surface area contributed by atoms with Gasteiger partial charge in [-0.25, -0.2) is 0 Å². The Balaban J connectivity index is 2.31. The number of nitrogens with zero attached hydrogens (tertiary/aromatic N) is 1. The summed E-state index contributed by atoms with van der Waals surface area (Å²) >= 11 is 0. The maximum absolute atomic E-state index is 5.52. The number of rotatable bonds is 6. The lowest BCUT2D eigenvalue weighted by molar-refractivity contribution is -0.0278. The first-order chi connectivity index (χ1) is 7.29. The van der Waals surface area contributed by atoms with E-state index >= 15 is 0 Å². The van der Waals surface area contributed by atoms with Gasteiger partial charge in [-0.1, -0.05) is 13.8 Å². The minimum absolute atomic E-state index is 0.635. The second-order valence-corrected chi connectivity index (χ2v) is 4.37. The Morgan fingerprint density at radius 2 is 2.27 bits per heavy atom. The van der Waals surface area contributed by atoms with Crippen molar-refractivity contribution in [3.05, 3.63) is 0 Å². The van der Waals surface area contributed by atoms with E-state index in [0.717, 1.165) is 32.8 Å². The molecule has 0 aromatic rings. The van der Waals surface area contributed by atoms with Crippen LogP contribution in [-0.4, -0.2) is 49.8 Å². The fraction of sp³-hybridized carbons (Fsp3) is 1.00. The summed E-state index contributed by atoms with van der Waals surface area (Å²) in [6, 6.07) is 1.31.